The van der Waals surface area contributed by atoms with E-state index in [2.05, 4.69) is 59.7 Å². The zero-order valence-electron chi connectivity index (χ0n) is 17.5. The first-order chi connectivity index (χ1) is 14.7. The quantitative estimate of drug-likeness (QED) is 0.621. The minimum Gasteiger partial charge on any atom is -0.331 e. The van der Waals surface area contributed by atoms with E-state index in [4.69, 9.17) is 0 Å². The van der Waals surface area contributed by atoms with E-state index >= 15 is 0 Å². The number of rotatable bonds is 6. The predicted octanol–water partition coefficient (Wildman–Crippen LogP) is 3.47. The lowest BCUT2D eigenvalue weighted by Gasteiger charge is -2.34. The van der Waals surface area contributed by atoms with Crippen LogP contribution in [0.1, 0.15) is 22.6 Å². The van der Waals surface area contributed by atoms with Gasteiger partial charge >= 0.3 is 0 Å². The molecule has 1 heterocycles. The average Bonchev–Trinajstić information content (AvgIpc) is 2.81. The Morgan fingerprint density at radius 3 is 1.90 bits per heavy atom. The van der Waals surface area contributed by atoms with Crippen molar-refractivity contribution in [2.24, 2.45) is 0 Å². The van der Waals surface area contributed by atoms with E-state index < -0.39 is 0 Å². The number of piperazine rings is 1. The first-order valence-electron chi connectivity index (χ1n) is 10.6. The fraction of sp³-hybridized carbons (Fsp3) is 0.269. The van der Waals surface area contributed by atoms with Gasteiger partial charge in [0.15, 0.2) is 0 Å². The molecule has 3 aromatic carbocycles. The molecule has 0 bridgehead atoms. The van der Waals surface area contributed by atoms with Crippen LogP contribution in [0.3, 0.4) is 0 Å². The Kier molecular flexibility index (Phi) is 6.88. The molecule has 3 aromatic rings. The lowest BCUT2D eigenvalue weighted by atomic mass is 9.90. The van der Waals surface area contributed by atoms with Crippen molar-refractivity contribution in [3.8, 4) is 0 Å². The van der Waals surface area contributed by atoms with Crippen LogP contribution in [0.4, 0.5) is 0 Å². The van der Waals surface area contributed by atoms with Crippen LogP contribution in [0.15, 0.2) is 89.8 Å². The molecule has 0 radical (unpaired) electrons. The van der Waals surface area contributed by atoms with Crippen LogP contribution < -0.4 is 4.90 Å². The van der Waals surface area contributed by atoms with Gasteiger partial charge in [-0.05, 0) is 29.5 Å². The highest BCUT2D eigenvalue weighted by Crippen LogP contribution is 2.27. The maximum Gasteiger partial charge on any atom is 0.234 e. The van der Waals surface area contributed by atoms with Crippen molar-refractivity contribution in [2.45, 2.75) is 17.4 Å². The minimum absolute atomic E-state index is 0.218. The number of carbonyl (C=O) groups excluding carboxylic acids is 1. The number of nitrogens with one attached hydrogen (secondary N) is 1. The van der Waals surface area contributed by atoms with Gasteiger partial charge in [-0.15, -0.1) is 11.8 Å². The summed E-state index contributed by atoms with van der Waals surface area (Å²) >= 11 is 1.78. The fourth-order valence-corrected chi connectivity index (χ4v) is 4.61. The number of hydrogen-bond donors (Lipinski definition) is 1. The van der Waals surface area contributed by atoms with Crippen LogP contribution in [0, 0.1) is 0 Å². The van der Waals surface area contributed by atoms with Crippen LogP contribution in [0.25, 0.3) is 0 Å². The van der Waals surface area contributed by atoms with E-state index in [9.17, 15) is 4.79 Å². The Balaban J connectivity index is 1.42. The maximum absolute atomic E-state index is 13.5. The molecule has 1 fully saturated rings. The van der Waals surface area contributed by atoms with Gasteiger partial charge in [0.1, 0.15) is 6.54 Å². The van der Waals surface area contributed by atoms with Crippen molar-refractivity contribution in [2.75, 3.05) is 32.4 Å². The number of hydrogen-bond acceptors (Lipinski definition) is 2. The number of quaternary nitrogens is 1. The van der Waals surface area contributed by atoms with Crippen LogP contribution >= 0.6 is 11.8 Å². The summed E-state index contributed by atoms with van der Waals surface area (Å²) in [6, 6.07) is 29.2. The molecular formula is C26H29N2OS+. The van der Waals surface area contributed by atoms with Crippen LogP contribution in [0.5, 0.6) is 0 Å². The summed E-state index contributed by atoms with van der Waals surface area (Å²) in [5.74, 6) is -0.0104. The van der Waals surface area contributed by atoms with Gasteiger partial charge in [0.2, 0.25) is 5.91 Å². The molecule has 0 unspecified atom stereocenters. The molecule has 1 N–H and O–H groups in total. The van der Waals surface area contributed by atoms with E-state index in [0.717, 1.165) is 43.9 Å². The Hall–Kier alpha value is -2.56. The average molecular weight is 418 g/mol. The molecular weight excluding hydrogens is 388 g/mol. The topological polar surface area (TPSA) is 24.8 Å². The molecule has 0 atom stereocenters. The summed E-state index contributed by atoms with van der Waals surface area (Å²) in [5.41, 5.74) is 3.50. The van der Waals surface area contributed by atoms with Gasteiger partial charge in [-0.2, -0.15) is 0 Å². The smallest absolute Gasteiger partial charge is 0.234 e. The zero-order valence-corrected chi connectivity index (χ0v) is 18.3. The highest BCUT2D eigenvalue weighted by atomic mass is 32.2. The van der Waals surface area contributed by atoms with Crippen LogP contribution in [-0.2, 0) is 11.3 Å². The summed E-state index contributed by atoms with van der Waals surface area (Å²) in [4.78, 5) is 18.5. The van der Waals surface area contributed by atoms with E-state index in [1.807, 2.05) is 36.4 Å². The van der Waals surface area contributed by atoms with E-state index in [-0.39, 0.29) is 11.8 Å². The van der Waals surface area contributed by atoms with Gasteiger partial charge in [0, 0.05) is 10.5 Å². The van der Waals surface area contributed by atoms with E-state index in [1.165, 1.54) is 10.5 Å². The van der Waals surface area contributed by atoms with Crippen molar-refractivity contribution in [1.29, 1.82) is 0 Å². The summed E-state index contributed by atoms with van der Waals surface area (Å²) in [5, 5.41) is 0. The first kappa shape index (κ1) is 20.7. The van der Waals surface area contributed by atoms with Gasteiger partial charge in [-0.25, -0.2) is 0 Å². The van der Waals surface area contributed by atoms with Gasteiger partial charge in [-0.3, -0.25) is 4.79 Å². The van der Waals surface area contributed by atoms with Crippen LogP contribution in [-0.4, -0.2) is 43.2 Å². The molecule has 0 spiro atoms. The second-order valence-electron chi connectivity index (χ2n) is 7.85. The largest absolute Gasteiger partial charge is 0.331 e. The molecule has 1 aliphatic heterocycles. The first-order valence-corrected chi connectivity index (χ1v) is 11.8. The van der Waals surface area contributed by atoms with Crippen molar-refractivity contribution in [3.05, 3.63) is 102 Å². The molecule has 4 heteroatoms. The van der Waals surface area contributed by atoms with Gasteiger partial charge in [0.05, 0.1) is 32.1 Å². The molecule has 0 aromatic heterocycles. The Bertz CT molecular complexity index is 896. The Morgan fingerprint density at radius 1 is 0.867 bits per heavy atom. The predicted molar refractivity (Wildman–Crippen MR) is 124 cm³/mol. The molecule has 0 aliphatic carbocycles. The van der Waals surface area contributed by atoms with E-state index in [0.29, 0.717) is 0 Å². The van der Waals surface area contributed by atoms with Gasteiger partial charge in [0.25, 0.3) is 0 Å². The van der Waals surface area contributed by atoms with Crippen LogP contribution in [0.2, 0.25) is 0 Å². The second-order valence-corrected chi connectivity index (χ2v) is 8.73. The third-order valence-electron chi connectivity index (χ3n) is 5.91. The monoisotopic (exact) mass is 417 g/mol. The fourth-order valence-electron chi connectivity index (χ4n) is 4.20. The molecule has 1 saturated heterocycles. The lowest BCUT2D eigenvalue weighted by Crippen LogP contribution is -3.13. The third kappa shape index (κ3) is 4.94. The lowest BCUT2D eigenvalue weighted by molar-refractivity contribution is -0.917. The van der Waals surface area contributed by atoms with Crippen molar-refractivity contribution < 1.29 is 9.69 Å². The van der Waals surface area contributed by atoms with E-state index in [1.54, 1.807) is 16.7 Å². The van der Waals surface area contributed by atoms with Gasteiger partial charge in [-0.1, -0.05) is 72.8 Å². The summed E-state index contributed by atoms with van der Waals surface area (Å²) in [7, 11) is 0. The Morgan fingerprint density at radius 2 is 1.40 bits per heavy atom. The molecule has 1 amide bonds. The SMILES string of the molecule is CSc1ccc(C[NH+]2CCN(C(=O)C(c3ccccc3)c3ccccc3)CC2)cc1. The molecule has 3 nitrogen and oxygen atoms in total. The molecule has 30 heavy (non-hydrogen) atoms. The highest BCUT2D eigenvalue weighted by molar-refractivity contribution is 7.98. The molecule has 4 rings (SSSR count). The normalized spacial score (nSPS) is 14.8. The Labute approximate surface area is 183 Å². The van der Waals surface area contributed by atoms with Crippen molar-refractivity contribution in [3.63, 3.8) is 0 Å². The molecule has 1 aliphatic rings. The van der Waals surface area contributed by atoms with Gasteiger partial charge < -0.3 is 9.80 Å². The minimum atomic E-state index is -0.229. The number of benzene rings is 3. The number of amides is 1. The number of carbonyl (C=O) groups is 1. The standard InChI is InChI=1S/C26H28N2OS/c1-30-24-14-12-21(13-15-24)20-27-16-18-28(19-17-27)26(29)25(22-8-4-2-5-9-22)23-10-6-3-7-11-23/h2-15,25H,16-20H2,1H3/p+1. The number of thioether (sulfide) groups is 1. The number of nitrogens with zero attached hydrogens (tertiary/aromatic N) is 1. The molecule has 154 valence electrons. The summed E-state index contributed by atoms with van der Waals surface area (Å²) < 4.78 is 0. The highest BCUT2D eigenvalue weighted by Gasteiger charge is 2.31. The zero-order chi connectivity index (χ0) is 20.8. The second kappa shape index (κ2) is 9.96. The summed E-state index contributed by atoms with van der Waals surface area (Å²) in [6.07, 6.45) is 2.11. The van der Waals surface area contributed by atoms with Crippen molar-refractivity contribution >= 4 is 17.7 Å². The summed E-state index contributed by atoms with van der Waals surface area (Å²) in [6.45, 7) is 4.64. The maximum atomic E-state index is 13.5. The molecule has 0 saturated carbocycles. The third-order valence-corrected chi connectivity index (χ3v) is 6.65. The van der Waals surface area contributed by atoms with Crippen molar-refractivity contribution in [1.82, 2.24) is 4.90 Å².